The maximum Gasteiger partial charge on any atom is 0.175 e. The van der Waals surface area contributed by atoms with E-state index in [1.807, 2.05) is 0 Å². The smallest absolute Gasteiger partial charge is 0.175 e. The van der Waals surface area contributed by atoms with Crippen molar-refractivity contribution in [3.05, 3.63) is 17.7 Å². The fraction of sp³-hybridized carbons (Fsp3) is 0.571. The molecule has 0 aromatic heterocycles. The summed E-state index contributed by atoms with van der Waals surface area (Å²) in [5, 5.41) is 3.62. The third-order valence-corrected chi connectivity index (χ3v) is 4.64. The van der Waals surface area contributed by atoms with E-state index in [0.29, 0.717) is 13.2 Å². The van der Waals surface area contributed by atoms with Crippen LogP contribution < -0.4 is 14.8 Å². The van der Waals surface area contributed by atoms with Crippen LogP contribution in [-0.4, -0.2) is 26.0 Å². The summed E-state index contributed by atoms with van der Waals surface area (Å²) in [5.41, 5.74) is 1.42. The van der Waals surface area contributed by atoms with E-state index in [1.54, 1.807) is 11.8 Å². The van der Waals surface area contributed by atoms with Crippen LogP contribution in [0.5, 0.6) is 11.5 Å². The highest BCUT2D eigenvalue weighted by atomic mass is 32.2. The summed E-state index contributed by atoms with van der Waals surface area (Å²) in [5.74, 6) is 1.82. The second kappa shape index (κ2) is 4.67. The summed E-state index contributed by atoms with van der Waals surface area (Å²) >= 11 is 1.75. The molecule has 18 heavy (non-hydrogen) atoms. The second-order valence-electron chi connectivity index (χ2n) is 5.03. The summed E-state index contributed by atoms with van der Waals surface area (Å²) in [7, 11) is 0. The van der Waals surface area contributed by atoms with Crippen LogP contribution >= 0.6 is 11.8 Å². The number of thioether (sulfide) groups is 1. The molecule has 0 aliphatic carbocycles. The van der Waals surface area contributed by atoms with Crippen molar-refractivity contribution in [3.63, 3.8) is 0 Å². The van der Waals surface area contributed by atoms with Gasteiger partial charge in [-0.15, -0.1) is 11.8 Å². The molecule has 0 bridgehead atoms. The Morgan fingerprint density at radius 2 is 2.11 bits per heavy atom. The average molecular weight is 265 g/mol. The Balaban J connectivity index is 2.09. The lowest BCUT2D eigenvalue weighted by Gasteiger charge is -2.30. The van der Waals surface area contributed by atoms with Crippen LogP contribution in [0.2, 0.25) is 0 Å². The third-order valence-electron chi connectivity index (χ3n) is 3.83. The van der Waals surface area contributed by atoms with Crippen molar-refractivity contribution in [1.29, 1.82) is 0 Å². The molecule has 1 aromatic rings. The van der Waals surface area contributed by atoms with Crippen molar-refractivity contribution in [2.24, 2.45) is 0 Å². The van der Waals surface area contributed by atoms with Crippen LogP contribution in [0.25, 0.3) is 0 Å². The molecule has 1 atom stereocenters. The van der Waals surface area contributed by atoms with Gasteiger partial charge >= 0.3 is 0 Å². The van der Waals surface area contributed by atoms with E-state index in [0.717, 1.165) is 18.0 Å². The van der Waals surface area contributed by atoms with Crippen LogP contribution in [0.15, 0.2) is 17.0 Å². The Kier molecular flexibility index (Phi) is 3.16. The standard InChI is InChI=1S/C14H19NO2S/c1-14(6-3-7-15-14)10-4-5-11-12(13(10)18-2)17-9-8-16-11/h4-5,15H,3,6-9H2,1-2H3. The van der Waals surface area contributed by atoms with Crippen LogP contribution in [0.3, 0.4) is 0 Å². The van der Waals surface area contributed by atoms with Crippen molar-refractivity contribution < 1.29 is 9.47 Å². The molecule has 4 heteroatoms. The first kappa shape index (κ1) is 12.2. The van der Waals surface area contributed by atoms with E-state index in [9.17, 15) is 0 Å². The van der Waals surface area contributed by atoms with Crippen molar-refractivity contribution >= 4 is 11.8 Å². The van der Waals surface area contributed by atoms with E-state index < -0.39 is 0 Å². The SMILES string of the molecule is CSc1c(C2(C)CCCN2)ccc2c1OCCO2. The normalized spacial score (nSPS) is 26.3. The maximum absolute atomic E-state index is 5.82. The Morgan fingerprint density at radius 3 is 2.83 bits per heavy atom. The molecule has 1 saturated heterocycles. The minimum atomic E-state index is 0.0776. The zero-order valence-corrected chi connectivity index (χ0v) is 11.7. The van der Waals surface area contributed by atoms with Crippen molar-refractivity contribution in [2.75, 3.05) is 26.0 Å². The molecule has 0 amide bonds. The Hall–Kier alpha value is -0.870. The molecule has 3 nitrogen and oxygen atoms in total. The first-order chi connectivity index (χ1) is 8.74. The maximum atomic E-state index is 5.82. The van der Waals surface area contributed by atoms with Crippen molar-refractivity contribution in [3.8, 4) is 11.5 Å². The first-order valence-corrected chi connectivity index (χ1v) is 7.69. The fourth-order valence-electron chi connectivity index (χ4n) is 2.85. The quantitative estimate of drug-likeness (QED) is 0.833. The van der Waals surface area contributed by atoms with Gasteiger partial charge in [0.25, 0.3) is 0 Å². The molecule has 1 fully saturated rings. The number of rotatable bonds is 2. The predicted molar refractivity (Wildman–Crippen MR) is 73.8 cm³/mol. The minimum absolute atomic E-state index is 0.0776. The number of nitrogens with one attached hydrogen (secondary N) is 1. The lowest BCUT2D eigenvalue weighted by atomic mass is 9.90. The summed E-state index contributed by atoms with van der Waals surface area (Å²) in [4.78, 5) is 1.23. The largest absolute Gasteiger partial charge is 0.486 e. The van der Waals surface area contributed by atoms with Gasteiger partial charge in [-0.3, -0.25) is 0 Å². The van der Waals surface area contributed by atoms with E-state index in [4.69, 9.17) is 9.47 Å². The molecule has 2 aliphatic heterocycles. The molecule has 2 heterocycles. The highest BCUT2D eigenvalue weighted by Gasteiger charge is 2.34. The summed E-state index contributed by atoms with van der Waals surface area (Å²) in [6.45, 7) is 4.67. The molecule has 3 rings (SSSR count). The van der Waals surface area contributed by atoms with Gasteiger partial charge < -0.3 is 14.8 Å². The van der Waals surface area contributed by atoms with Crippen LogP contribution in [0.4, 0.5) is 0 Å². The molecular weight excluding hydrogens is 246 g/mol. The highest BCUT2D eigenvalue weighted by Crippen LogP contribution is 2.46. The van der Waals surface area contributed by atoms with Gasteiger partial charge in [0.2, 0.25) is 0 Å². The molecule has 1 unspecified atom stereocenters. The minimum Gasteiger partial charge on any atom is -0.486 e. The van der Waals surface area contributed by atoms with E-state index in [-0.39, 0.29) is 5.54 Å². The lowest BCUT2D eigenvalue weighted by molar-refractivity contribution is 0.166. The molecule has 98 valence electrons. The summed E-state index contributed by atoms with van der Waals surface area (Å²) in [6, 6.07) is 4.24. The van der Waals surface area contributed by atoms with Crippen LogP contribution in [0.1, 0.15) is 25.3 Å². The van der Waals surface area contributed by atoms with Gasteiger partial charge in [0.15, 0.2) is 11.5 Å². The second-order valence-corrected chi connectivity index (χ2v) is 5.85. The zero-order valence-electron chi connectivity index (χ0n) is 10.9. The van der Waals surface area contributed by atoms with Gasteiger partial charge in [0.05, 0.1) is 4.90 Å². The zero-order chi connectivity index (χ0) is 12.6. The lowest BCUT2D eigenvalue weighted by Crippen LogP contribution is -2.34. The Labute approximate surface area is 112 Å². The molecular formula is C14H19NO2S. The number of hydrogen-bond donors (Lipinski definition) is 1. The third kappa shape index (κ3) is 1.88. The summed E-state index contributed by atoms with van der Waals surface area (Å²) in [6.07, 6.45) is 4.52. The number of ether oxygens (including phenoxy) is 2. The molecule has 1 N–H and O–H groups in total. The van der Waals surface area contributed by atoms with Gasteiger partial charge in [-0.1, -0.05) is 6.07 Å². The van der Waals surface area contributed by atoms with Crippen LogP contribution in [-0.2, 0) is 5.54 Å². The van der Waals surface area contributed by atoms with E-state index in [2.05, 4.69) is 30.6 Å². The fourth-order valence-corrected chi connectivity index (χ4v) is 3.71. The van der Waals surface area contributed by atoms with Crippen molar-refractivity contribution in [2.45, 2.75) is 30.2 Å². The first-order valence-electron chi connectivity index (χ1n) is 6.47. The molecule has 0 spiro atoms. The number of benzene rings is 1. The number of hydrogen-bond acceptors (Lipinski definition) is 4. The Bertz CT molecular complexity index is 455. The monoisotopic (exact) mass is 265 g/mol. The summed E-state index contributed by atoms with van der Waals surface area (Å²) < 4.78 is 11.5. The predicted octanol–water partition coefficient (Wildman–Crippen LogP) is 2.78. The molecule has 1 aromatic carbocycles. The van der Waals surface area contributed by atoms with Crippen LogP contribution in [0, 0.1) is 0 Å². The molecule has 0 radical (unpaired) electrons. The van der Waals surface area contributed by atoms with E-state index in [1.165, 1.54) is 23.3 Å². The van der Waals surface area contributed by atoms with Gasteiger partial charge in [-0.05, 0) is 44.2 Å². The topological polar surface area (TPSA) is 30.5 Å². The average Bonchev–Trinajstić information content (AvgIpc) is 2.85. The van der Waals surface area contributed by atoms with E-state index >= 15 is 0 Å². The number of fused-ring (bicyclic) bond motifs is 1. The van der Waals surface area contributed by atoms with Gasteiger partial charge in [-0.2, -0.15) is 0 Å². The molecule has 0 saturated carbocycles. The van der Waals surface area contributed by atoms with Gasteiger partial charge in [-0.25, -0.2) is 0 Å². The highest BCUT2D eigenvalue weighted by molar-refractivity contribution is 7.98. The Morgan fingerprint density at radius 1 is 1.28 bits per heavy atom. The molecule has 2 aliphatic rings. The van der Waals surface area contributed by atoms with Gasteiger partial charge in [0, 0.05) is 5.54 Å². The van der Waals surface area contributed by atoms with Gasteiger partial charge in [0.1, 0.15) is 13.2 Å². The van der Waals surface area contributed by atoms with Crippen molar-refractivity contribution in [1.82, 2.24) is 5.32 Å².